The number of aromatic amines is 1. The van der Waals surface area contributed by atoms with Gasteiger partial charge in [-0.25, -0.2) is 9.37 Å². The fraction of sp³-hybridized carbons (Fsp3) is 0. The predicted molar refractivity (Wildman–Crippen MR) is 73.2 cm³/mol. The first-order valence-electron chi connectivity index (χ1n) is 5.38. The Bertz CT molecular complexity index is 786. The second kappa shape index (κ2) is 4.40. The minimum atomic E-state index is -0.461. The van der Waals surface area contributed by atoms with Gasteiger partial charge in [-0.15, -0.1) is 0 Å². The topological polar surface area (TPSA) is 48.9 Å². The van der Waals surface area contributed by atoms with Crippen LogP contribution in [-0.2, 0) is 0 Å². The third-order valence-corrected chi connectivity index (χ3v) is 3.22. The average molecular weight is 297 g/mol. The standard InChI is InChI=1S/C13H7Cl2FN2O/c14-6-3-9(15)12-10(4-6)17-13(18-12)8-5-7(16)1-2-11(8)19/h1-5,19H,(H,17,18). The molecule has 0 fully saturated rings. The van der Waals surface area contributed by atoms with Crippen molar-refractivity contribution in [3.05, 3.63) is 46.2 Å². The minimum Gasteiger partial charge on any atom is -0.507 e. The van der Waals surface area contributed by atoms with Crippen LogP contribution in [0.15, 0.2) is 30.3 Å². The summed E-state index contributed by atoms with van der Waals surface area (Å²) in [5, 5.41) is 10.6. The number of phenols is 1. The van der Waals surface area contributed by atoms with Crippen LogP contribution >= 0.6 is 23.2 Å². The maximum atomic E-state index is 13.2. The Kier molecular flexibility index (Phi) is 2.84. The number of rotatable bonds is 1. The van der Waals surface area contributed by atoms with Crippen molar-refractivity contribution in [3.8, 4) is 17.1 Å². The van der Waals surface area contributed by atoms with E-state index in [0.29, 0.717) is 26.9 Å². The van der Waals surface area contributed by atoms with Gasteiger partial charge in [0.1, 0.15) is 22.9 Å². The van der Waals surface area contributed by atoms with Crippen molar-refractivity contribution >= 4 is 34.2 Å². The van der Waals surface area contributed by atoms with Gasteiger partial charge in [0.15, 0.2) is 0 Å². The Hall–Kier alpha value is -1.78. The average Bonchev–Trinajstić information content (AvgIpc) is 2.76. The van der Waals surface area contributed by atoms with Crippen LogP contribution in [0.25, 0.3) is 22.4 Å². The van der Waals surface area contributed by atoms with Crippen molar-refractivity contribution < 1.29 is 9.50 Å². The number of halogens is 3. The van der Waals surface area contributed by atoms with Gasteiger partial charge >= 0.3 is 0 Å². The van der Waals surface area contributed by atoms with Crippen LogP contribution in [0.2, 0.25) is 10.0 Å². The summed E-state index contributed by atoms with van der Waals surface area (Å²) in [6.07, 6.45) is 0. The Morgan fingerprint density at radius 3 is 2.74 bits per heavy atom. The van der Waals surface area contributed by atoms with E-state index in [4.69, 9.17) is 23.2 Å². The van der Waals surface area contributed by atoms with E-state index in [0.717, 1.165) is 0 Å². The summed E-state index contributed by atoms with van der Waals surface area (Å²) in [5.74, 6) is -0.198. The van der Waals surface area contributed by atoms with Crippen LogP contribution in [0.3, 0.4) is 0 Å². The van der Waals surface area contributed by atoms with E-state index in [2.05, 4.69) is 9.97 Å². The molecule has 2 N–H and O–H groups in total. The lowest BCUT2D eigenvalue weighted by Gasteiger charge is -2.00. The number of benzene rings is 2. The highest BCUT2D eigenvalue weighted by atomic mass is 35.5. The van der Waals surface area contributed by atoms with Gasteiger partial charge < -0.3 is 10.1 Å². The highest BCUT2D eigenvalue weighted by Gasteiger charge is 2.13. The number of nitrogens with zero attached hydrogens (tertiary/aromatic N) is 1. The summed E-state index contributed by atoms with van der Waals surface area (Å²) < 4.78 is 13.2. The summed E-state index contributed by atoms with van der Waals surface area (Å²) in [7, 11) is 0. The Labute approximate surface area is 117 Å². The smallest absolute Gasteiger partial charge is 0.142 e. The van der Waals surface area contributed by atoms with Crippen LogP contribution in [0.1, 0.15) is 0 Å². The third-order valence-electron chi connectivity index (χ3n) is 2.72. The van der Waals surface area contributed by atoms with E-state index in [1.807, 2.05) is 0 Å². The maximum Gasteiger partial charge on any atom is 0.142 e. The van der Waals surface area contributed by atoms with Gasteiger partial charge in [0.25, 0.3) is 0 Å². The molecule has 0 atom stereocenters. The lowest BCUT2D eigenvalue weighted by atomic mass is 10.2. The first kappa shape index (κ1) is 12.3. The summed E-state index contributed by atoms with van der Waals surface area (Å²) in [4.78, 5) is 7.21. The summed E-state index contributed by atoms with van der Waals surface area (Å²) in [5.41, 5.74) is 1.41. The molecular weight excluding hydrogens is 290 g/mol. The number of aromatic hydroxyl groups is 1. The molecule has 0 saturated carbocycles. The van der Waals surface area contributed by atoms with Crippen molar-refractivity contribution in [2.24, 2.45) is 0 Å². The number of H-pyrrole nitrogens is 1. The second-order valence-corrected chi connectivity index (χ2v) is 4.87. The number of hydrogen-bond acceptors (Lipinski definition) is 2. The predicted octanol–water partition coefficient (Wildman–Crippen LogP) is 4.38. The van der Waals surface area contributed by atoms with Gasteiger partial charge in [-0.05, 0) is 30.3 Å². The number of phenolic OH excluding ortho intramolecular Hbond substituents is 1. The van der Waals surface area contributed by atoms with Gasteiger partial charge in [-0.3, -0.25) is 0 Å². The first-order chi connectivity index (χ1) is 9.04. The molecule has 96 valence electrons. The van der Waals surface area contributed by atoms with Gasteiger partial charge in [0.2, 0.25) is 0 Å². The third kappa shape index (κ3) is 2.13. The molecule has 19 heavy (non-hydrogen) atoms. The molecule has 2 aromatic carbocycles. The van der Waals surface area contributed by atoms with Crippen molar-refractivity contribution in [2.75, 3.05) is 0 Å². The molecule has 0 unspecified atom stereocenters. The Balaban J connectivity index is 2.26. The largest absolute Gasteiger partial charge is 0.507 e. The molecule has 0 radical (unpaired) electrons. The molecule has 0 bridgehead atoms. The molecule has 0 spiro atoms. The fourth-order valence-corrected chi connectivity index (χ4v) is 2.40. The van der Waals surface area contributed by atoms with E-state index >= 15 is 0 Å². The number of imidazole rings is 1. The van der Waals surface area contributed by atoms with Gasteiger partial charge in [-0.1, -0.05) is 23.2 Å². The van der Waals surface area contributed by atoms with Gasteiger partial charge in [0.05, 0.1) is 16.1 Å². The van der Waals surface area contributed by atoms with Crippen molar-refractivity contribution in [2.45, 2.75) is 0 Å². The molecule has 0 amide bonds. The summed E-state index contributed by atoms with van der Waals surface area (Å²) in [6, 6.07) is 6.87. The monoisotopic (exact) mass is 296 g/mol. The fourth-order valence-electron chi connectivity index (χ4n) is 1.87. The van der Waals surface area contributed by atoms with E-state index in [9.17, 15) is 9.50 Å². The van der Waals surface area contributed by atoms with Crippen LogP contribution in [0, 0.1) is 5.82 Å². The summed E-state index contributed by atoms with van der Waals surface area (Å²) in [6.45, 7) is 0. The molecule has 0 aliphatic heterocycles. The molecule has 0 aliphatic rings. The molecule has 0 saturated heterocycles. The molecule has 0 aliphatic carbocycles. The van der Waals surface area contributed by atoms with Crippen LogP contribution in [0.5, 0.6) is 5.75 Å². The first-order valence-corrected chi connectivity index (χ1v) is 6.14. The van der Waals surface area contributed by atoms with Crippen molar-refractivity contribution in [1.29, 1.82) is 0 Å². The highest BCUT2D eigenvalue weighted by molar-refractivity contribution is 6.38. The SMILES string of the molecule is Oc1ccc(F)cc1-c1nc2c(Cl)cc(Cl)cc2[nH]1. The minimum absolute atomic E-state index is 0.0670. The number of nitrogens with one attached hydrogen (secondary N) is 1. The molecule has 3 rings (SSSR count). The highest BCUT2D eigenvalue weighted by Crippen LogP contribution is 2.32. The number of hydrogen-bond donors (Lipinski definition) is 2. The lowest BCUT2D eigenvalue weighted by molar-refractivity contribution is 0.475. The normalized spacial score (nSPS) is 11.1. The summed E-state index contributed by atoms with van der Waals surface area (Å²) >= 11 is 11.9. The van der Waals surface area contributed by atoms with Crippen molar-refractivity contribution in [3.63, 3.8) is 0 Å². The Morgan fingerprint density at radius 1 is 1.16 bits per heavy atom. The van der Waals surface area contributed by atoms with E-state index in [1.54, 1.807) is 12.1 Å². The van der Waals surface area contributed by atoms with Crippen LogP contribution in [-0.4, -0.2) is 15.1 Å². The van der Waals surface area contributed by atoms with Gasteiger partial charge in [-0.2, -0.15) is 0 Å². The van der Waals surface area contributed by atoms with Crippen LogP contribution in [0.4, 0.5) is 4.39 Å². The maximum absolute atomic E-state index is 13.2. The van der Waals surface area contributed by atoms with E-state index in [1.165, 1.54) is 18.2 Å². The zero-order valence-electron chi connectivity index (χ0n) is 9.42. The molecule has 1 aromatic heterocycles. The quantitative estimate of drug-likeness (QED) is 0.700. The number of fused-ring (bicyclic) bond motifs is 1. The second-order valence-electron chi connectivity index (χ2n) is 4.03. The lowest BCUT2D eigenvalue weighted by Crippen LogP contribution is -1.83. The van der Waals surface area contributed by atoms with E-state index in [-0.39, 0.29) is 11.3 Å². The van der Waals surface area contributed by atoms with Crippen LogP contribution < -0.4 is 0 Å². The molecule has 6 heteroatoms. The van der Waals surface area contributed by atoms with Gasteiger partial charge in [0, 0.05) is 5.02 Å². The molecule has 1 heterocycles. The molecule has 3 nitrogen and oxygen atoms in total. The van der Waals surface area contributed by atoms with Crippen molar-refractivity contribution in [1.82, 2.24) is 9.97 Å². The zero-order valence-corrected chi connectivity index (χ0v) is 10.9. The molecular formula is C13H7Cl2FN2O. The Morgan fingerprint density at radius 2 is 1.95 bits per heavy atom. The zero-order chi connectivity index (χ0) is 13.6. The molecule has 3 aromatic rings. The number of aromatic nitrogens is 2. The van der Waals surface area contributed by atoms with E-state index < -0.39 is 5.82 Å².